The molecule has 1 aromatic heterocycles. The first kappa shape index (κ1) is 14.7. The zero-order valence-corrected chi connectivity index (χ0v) is 13.4. The van der Waals surface area contributed by atoms with Crippen molar-refractivity contribution in [2.24, 2.45) is 0 Å². The molecule has 1 fully saturated rings. The van der Waals surface area contributed by atoms with E-state index in [1.165, 1.54) is 0 Å². The Kier molecular flexibility index (Phi) is 4.11. The molecule has 2 aromatic rings. The van der Waals surface area contributed by atoms with Gasteiger partial charge in [0.2, 0.25) is 0 Å². The van der Waals surface area contributed by atoms with Gasteiger partial charge in [-0.15, -0.1) is 0 Å². The van der Waals surface area contributed by atoms with E-state index in [0.29, 0.717) is 38.4 Å². The Bertz CT molecular complexity index is 689. The van der Waals surface area contributed by atoms with Crippen LogP contribution in [-0.2, 0) is 0 Å². The van der Waals surface area contributed by atoms with Crippen molar-refractivity contribution in [2.75, 3.05) is 12.4 Å². The van der Waals surface area contributed by atoms with E-state index in [2.05, 4.69) is 15.3 Å². The Balaban J connectivity index is 1.92. The van der Waals surface area contributed by atoms with Crippen LogP contribution in [0.4, 0.5) is 11.5 Å². The van der Waals surface area contributed by atoms with Crippen LogP contribution in [-0.4, -0.2) is 17.1 Å². The van der Waals surface area contributed by atoms with Crippen molar-refractivity contribution >= 4 is 46.3 Å². The molecule has 0 amide bonds. The maximum Gasteiger partial charge on any atom is 0.139 e. The van der Waals surface area contributed by atoms with Gasteiger partial charge >= 0.3 is 0 Å². The van der Waals surface area contributed by atoms with Gasteiger partial charge in [-0.1, -0.05) is 34.8 Å². The van der Waals surface area contributed by atoms with Gasteiger partial charge < -0.3 is 10.1 Å². The second-order valence-corrected chi connectivity index (χ2v) is 6.00. The van der Waals surface area contributed by atoms with Crippen LogP contribution >= 0.6 is 34.8 Å². The minimum Gasteiger partial charge on any atom is -0.495 e. The van der Waals surface area contributed by atoms with Crippen LogP contribution in [0.15, 0.2) is 18.2 Å². The van der Waals surface area contributed by atoms with Crippen LogP contribution < -0.4 is 10.1 Å². The maximum absolute atomic E-state index is 6.18. The second-order valence-electron chi connectivity index (χ2n) is 4.80. The first-order valence-corrected chi connectivity index (χ1v) is 7.54. The summed E-state index contributed by atoms with van der Waals surface area (Å²) >= 11 is 18.2. The molecule has 0 spiro atoms. The number of nitrogens with zero attached hydrogens (tertiary/aromatic N) is 2. The molecule has 3 rings (SSSR count). The van der Waals surface area contributed by atoms with Crippen molar-refractivity contribution in [1.82, 2.24) is 9.97 Å². The summed E-state index contributed by atoms with van der Waals surface area (Å²) in [6.45, 7) is 0. The van der Waals surface area contributed by atoms with E-state index in [9.17, 15) is 0 Å². The van der Waals surface area contributed by atoms with Gasteiger partial charge in [-0.25, -0.2) is 9.97 Å². The molecule has 1 N–H and O–H groups in total. The number of aromatic nitrogens is 2. The van der Waals surface area contributed by atoms with Gasteiger partial charge in [-0.05, 0) is 18.9 Å². The molecule has 110 valence electrons. The minimum absolute atomic E-state index is 0.409. The van der Waals surface area contributed by atoms with Crippen molar-refractivity contribution in [3.63, 3.8) is 0 Å². The molecule has 21 heavy (non-hydrogen) atoms. The van der Waals surface area contributed by atoms with E-state index in [1.54, 1.807) is 25.3 Å². The average Bonchev–Trinajstić information content (AvgIpc) is 3.25. The van der Waals surface area contributed by atoms with Gasteiger partial charge in [0.1, 0.15) is 22.5 Å². The van der Waals surface area contributed by atoms with Crippen molar-refractivity contribution in [3.05, 3.63) is 39.2 Å². The largest absolute Gasteiger partial charge is 0.495 e. The number of hydrogen-bond donors (Lipinski definition) is 1. The summed E-state index contributed by atoms with van der Waals surface area (Å²) in [7, 11) is 1.55. The number of rotatable bonds is 4. The van der Waals surface area contributed by atoms with Gasteiger partial charge in [0.25, 0.3) is 0 Å². The molecule has 7 heteroatoms. The van der Waals surface area contributed by atoms with Crippen molar-refractivity contribution < 1.29 is 4.74 Å². The molecule has 0 saturated heterocycles. The Morgan fingerprint density at radius 3 is 2.52 bits per heavy atom. The first-order chi connectivity index (χ1) is 10.1. The predicted octanol–water partition coefficient (Wildman–Crippen LogP) is 5.07. The Labute approximate surface area is 137 Å². The quantitative estimate of drug-likeness (QED) is 0.787. The highest BCUT2D eigenvalue weighted by Gasteiger charge is 2.27. The number of hydrogen-bond acceptors (Lipinski definition) is 4. The van der Waals surface area contributed by atoms with E-state index in [1.807, 2.05) is 0 Å². The molecule has 1 saturated carbocycles. The lowest BCUT2D eigenvalue weighted by molar-refractivity contribution is 0.415. The summed E-state index contributed by atoms with van der Waals surface area (Å²) in [6, 6.07) is 5.00. The molecule has 1 aliphatic rings. The molecule has 0 aliphatic heterocycles. The fourth-order valence-electron chi connectivity index (χ4n) is 1.94. The lowest BCUT2D eigenvalue weighted by Gasteiger charge is -2.12. The highest BCUT2D eigenvalue weighted by Crippen LogP contribution is 2.40. The second kappa shape index (κ2) is 5.87. The van der Waals surface area contributed by atoms with E-state index >= 15 is 0 Å². The molecule has 4 nitrogen and oxygen atoms in total. The Hall–Kier alpha value is -1.23. The third-order valence-electron chi connectivity index (χ3n) is 3.16. The standard InChI is InChI=1S/C14H12Cl3N3O/c1-21-11-5-10(8(15)4-9(11)16)18-13-6-12(17)19-14(20-13)7-2-3-7/h4-7H,2-3H2,1H3,(H,18,19,20). The van der Waals surface area contributed by atoms with Gasteiger partial charge in [0, 0.05) is 18.1 Å². The number of benzene rings is 1. The van der Waals surface area contributed by atoms with Crippen LogP contribution in [0.2, 0.25) is 15.2 Å². The number of methoxy groups -OCH3 is 1. The maximum atomic E-state index is 6.18. The smallest absolute Gasteiger partial charge is 0.139 e. The fraction of sp³-hybridized carbons (Fsp3) is 0.286. The zero-order chi connectivity index (χ0) is 15.0. The molecule has 0 bridgehead atoms. The van der Waals surface area contributed by atoms with Crippen molar-refractivity contribution in [1.29, 1.82) is 0 Å². The lowest BCUT2D eigenvalue weighted by atomic mass is 10.3. The van der Waals surface area contributed by atoms with E-state index in [4.69, 9.17) is 39.5 Å². The van der Waals surface area contributed by atoms with Gasteiger partial charge in [0.05, 0.1) is 22.8 Å². The van der Waals surface area contributed by atoms with Crippen LogP contribution in [0.1, 0.15) is 24.6 Å². The number of nitrogens with one attached hydrogen (secondary N) is 1. The molecule has 0 unspecified atom stereocenters. The summed E-state index contributed by atoms with van der Waals surface area (Å²) in [6.07, 6.45) is 2.21. The summed E-state index contributed by atoms with van der Waals surface area (Å²) in [5, 5.41) is 4.47. The highest BCUT2D eigenvalue weighted by molar-refractivity contribution is 6.37. The fourth-order valence-corrected chi connectivity index (χ4v) is 2.64. The van der Waals surface area contributed by atoms with E-state index in [-0.39, 0.29) is 0 Å². The third kappa shape index (κ3) is 3.34. The number of ether oxygens (including phenoxy) is 1. The molecule has 0 atom stereocenters. The van der Waals surface area contributed by atoms with Crippen LogP contribution in [0, 0.1) is 0 Å². The average molecular weight is 345 g/mol. The lowest BCUT2D eigenvalue weighted by Crippen LogP contribution is -2.00. The first-order valence-electron chi connectivity index (χ1n) is 6.41. The monoisotopic (exact) mass is 343 g/mol. The molecule has 1 aromatic carbocycles. The van der Waals surface area contributed by atoms with Gasteiger partial charge in [-0.3, -0.25) is 0 Å². The zero-order valence-electron chi connectivity index (χ0n) is 11.2. The summed E-state index contributed by atoms with van der Waals surface area (Å²) in [4.78, 5) is 8.71. The van der Waals surface area contributed by atoms with E-state index in [0.717, 1.165) is 18.7 Å². The van der Waals surface area contributed by atoms with E-state index < -0.39 is 0 Å². The molecule has 1 heterocycles. The molecule has 0 radical (unpaired) electrons. The summed E-state index contributed by atoms with van der Waals surface area (Å²) in [5.41, 5.74) is 0.648. The van der Waals surface area contributed by atoms with Crippen LogP contribution in [0.3, 0.4) is 0 Å². The highest BCUT2D eigenvalue weighted by atomic mass is 35.5. The third-order valence-corrected chi connectivity index (χ3v) is 3.96. The summed E-state index contributed by atoms with van der Waals surface area (Å²) in [5.74, 6) is 2.32. The topological polar surface area (TPSA) is 47.0 Å². The Morgan fingerprint density at radius 1 is 1.10 bits per heavy atom. The van der Waals surface area contributed by atoms with Crippen LogP contribution in [0.25, 0.3) is 0 Å². The number of anilines is 2. The van der Waals surface area contributed by atoms with Gasteiger partial charge in [-0.2, -0.15) is 0 Å². The molecular weight excluding hydrogens is 333 g/mol. The van der Waals surface area contributed by atoms with Gasteiger partial charge in [0.15, 0.2) is 0 Å². The SMILES string of the molecule is COc1cc(Nc2cc(Cl)nc(C3CC3)n2)c(Cl)cc1Cl. The van der Waals surface area contributed by atoms with Crippen molar-refractivity contribution in [2.45, 2.75) is 18.8 Å². The molecular formula is C14H12Cl3N3O. The summed E-state index contributed by atoms with van der Waals surface area (Å²) < 4.78 is 5.18. The predicted molar refractivity (Wildman–Crippen MR) is 85.3 cm³/mol. The number of halogens is 3. The normalized spacial score (nSPS) is 14.1. The van der Waals surface area contributed by atoms with Crippen LogP contribution in [0.5, 0.6) is 5.75 Å². The van der Waals surface area contributed by atoms with Crippen molar-refractivity contribution in [3.8, 4) is 5.75 Å². The molecule has 1 aliphatic carbocycles. The minimum atomic E-state index is 0.409. The Morgan fingerprint density at radius 2 is 1.86 bits per heavy atom.